The van der Waals surface area contributed by atoms with Crippen LogP contribution in [0.2, 0.25) is 0 Å². The van der Waals surface area contributed by atoms with Crippen LogP contribution in [0, 0.1) is 6.92 Å². The minimum atomic E-state index is 0.0130. The molecule has 0 aliphatic carbocycles. The molecule has 2 aromatic heterocycles. The van der Waals surface area contributed by atoms with Gasteiger partial charge in [-0.2, -0.15) is 0 Å². The van der Waals surface area contributed by atoms with E-state index in [-0.39, 0.29) is 12.1 Å². The fourth-order valence-corrected chi connectivity index (χ4v) is 3.79. The van der Waals surface area contributed by atoms with Crippen molar-refractivity contribution in [3.63, 3.8) is 0 Å². The second kappa shape index (κ2) is 5.84. The van der Waals surface area contributed by atoms with Gasteiger partial charge in [-0.15, -0.1) is 11.3 Å². The van der Waals surface area contributed by atoms with Crippen LogP contribution in [-0.2, 0) is 0 Å². The lowest BCUT2D eigenvalue weighted by molar-refractivity contribution is 0.506. The molecule has 2 heterocycles. The zero-order valence-electron chi connectivity index (χ0n) is 12.2. The monoisotopic (exact) mass is 297 g/mol. The molecule has 0 amide bonds. The van der Waals surface area contributed by atoms with E-state index in [0.717, 1.165) is 11.4 Å². The van der Waals surface area contributed by atoms with Crippen LogP contribution in [0.1, 0.15) is 23.4 Å². The van der Waals surface area contributed by atoms with E-state index < -0.39 is 0 Å². The van der Waals surface area contributed by atoms with Gasteiger partial charge in [-0.3, -0.25) is 0 Å². The van der Waals surface area contributed by atoms with Crippen molar-refractivity contribution in [2.45, 2.75) is 25.9 Å². The van der Waals surface area contributed by atoms with Crippen LogP contribution in [0.3, 0.4) is 0 Å². The first kappa shape index (κ1) is 14.0. The highest BCUT2D eigenvalue weighted by atomic mass is 32.1. The topological polar surface area (TPSA) is 43.8 Å². The molecule has 4 heteroatoms. The van der Waals surface area contributed by atoms with Gasteiger partial charge in [0.05, 0.1) is 6.04 Å². The molecule has 0 spiro atoms. The van der Waals surface area contributed by atoms with E-state index in [1.807, 2.05) is 30.6 Å². The molecule has 0 saturated carbocycles. The molecule has 3 rings (SSSR count). The van der Waals surface area contributed by atoms with E-state index in [1.165, 1.54) is 10.4 Å². The lowest BCUT2D eigenvalue weighted by Gasteiger charge is -2.24. The van der Waals surface area contributed by atoms with Crippen LogP contribution >= 0.6 is 11.3 Å². The van der Waals surface area contributed by atoms with Crippen molar-refractivity contribution in [3.05, 3.63) is 64.6 Å². The maximum Gasteiger partial charge on any atom is 0.140 e. The quantitative estimate of drug-likeness (QED) is 0.794. The Kier molecular flexibility index (Phi) is 3.90. The Morgan fingerprint density at radius 1 is 1.19 bits per heavy atom. The third-order valence-corrected chi connectivity index (χ3v) is 4.76. The first-order chi connectivity index (χ1) is 10.2. The predicted molar refractivity (Wildman–Crippen MR) is 88.5 cm³/mol. The van der Waals surface area contributed by atoms with E-state index >= 15 is 0 Å². The van der Waals surface area contributed by atoms with E-state index in [2.05, 4.69) is 47.0 Å². The molecule has 1 aromatic carbocycles. The number of benzene rings is 1. The highest BCUT2D eigenvalue weighted by molar-refractivity contribution is 7.10. The molecule has 2 N–H and O–H groups in total. The number of imidazole rings is 1. The van der Waals surface area contributed by atoms with Crippen molar-refractivity contribution >= 4 is 11.3 Å². The summed E-state index contributed by atoms with van der Waals surface area (Å²) in [5.74, 6) is 0.964. The molecule has 21 heavy (non-hydrogen) atoms. The lowest BCUT2D eigenvalue weighted by Crippen LogP contribution is -2.30. The van der Waals surface area contributed by atoms with Gasteiger partial charge in [0.1, 0.15) is 5.82 Å². The van der Waals surface area contributed by atoms with Gasteiger partial charge < -0.3 is 10.3 Å². The second-order valence-corrected chi connectivity index (χ2v) is 6.24. The molecule has 0 bridgehead atoms. The van der Waals surface area contributed by atoms with Gasteiger partial charge in [0.15, 0.2) is 0 Å². The molecule has 2 unspecified atom stereocenters. The predicted octanol–water partition coefficient (Wildman–Crippen LogP) is 3.86. The summed E-state index contributed by atoms with van der Waals surface area (Å²) in [6.07, 6.45) is 3.87. The molecule has 0 saturated heterocycles. The number of aryl methyl sites for hydroxylation is 1. The van der Waals surface area contributed by atoms with Crippen LogP contribution in [0.5, 0.6) is 0 Å². The van der Waals surface area contributed by atoms with Crippen LogP contribution in [-0.4, -0.2) is 15.6 Å². The Labute approximate surface area is 129 Å². The van der Waals surface area contributed by atoms with Crippen molar-refractivity contribution in [1.82, 2.24) is 9.55 Å². The van der Waals surface area contributed by atoms with Gasteiger partial charge in [0, 0.05) is 28.9 Å². The summed E-state index contributed by atoms with van der Waals surface area (Å²) in [6.45, 7) is 4.19. The average molecular weight is 297 g/mol. The smallest absolute Gasteiger partial charge is 0.140 e. The summed E-state index contributed by atoms with van der Waals surface area (Å²) in [6, 6.07) is 12.5. The Morgan fingerprint density at radius 3 is 2.57 bits per heavy atom. The van der Waals surface area contributed by atoms with Crippen LogP contribution in [0.15, 0.2) is 54.2 Å². The first-order valence-corrected chi connectivity index (χ1v) is 7.94. The molecular formula is C17H19N3S. The summed E-state index contributed by atoms with van der Waals surface area (Å²) < 4.78 is 2.19. The van der Waals surface area contributed by atoms with Gasteiger partial charge in [-0.05, 0) is 30.9 Å². The molecular weight excluding hydrogens is 278 g/mol. The molecule has 3 aromatic rings. The third kappa shape index (κ3) is 2.64. The van der Waals surface area contributed by atoms with Crippen molar-refractivity contribution in [3.8, 4) is 11.4 Å². The largest absolute Gasteiger partial charge is 0.326 e. The highest BCUT2D eigenvalue weighted by Gasteiger charge is 2.23. The van der Waals surface area contributed by atoms with Crippen LogP contribution in [0.4, 0.5) is 0 Å². The molecule has 0 aliphatic heterocycles. The van der Waals surface area contributed by atoms with Crippen molar-refractivity contribution < 1.29 is 0 Å². The van der Waals surface area contributed by atoms with Gasteiger partial charge in [-0.1, -0.05) is 30.3 Å². The fraction of sp³-hybridized carbons (Fsp3) is 0.235. The minimum Gasteiger partial charge on any atom is -0.326 e. The number of hydrogen-bond donors (Lipinski definition) is 1. The molecule has 108 valence electrons. The Bertz CT molecular complexity index is 712. The SMILES string of the molecule is Cc1ccsc1C(C(C)N)n1ccnc1-c1ccccc1. The zero-order valence-corrected chi connectivity index (χ0v) is 13.0. The number of aromatic nitrogens is 2. The van der Waals surface area contributed by atoms with Crippen LogP contribution in [0.25, 0.3) is 11.4 Å². The summed E-state index contributed by atoms with van der Waals surface area (Å²) >= 11 is 1.76. The molecule has 2 atom stereocenters. The summed E-state index contributed by atoms with van der Waals surface area (Å²) in [7, 11) is 0. The number of nitrogens with zero attached hydrogens (tertiary/aromatic N) is 2. The number of hydrogen-bond acceptors (Lipinski definition) is 3. The van der Waals surface area contributed by atoms with Crippen molar-refractivity contribution in [2.24, 2.45) is 5.73 Å². The average Bonchev–Trinajstić information content (AvgIpc) is 3.10. The molecule has 0 aliphatic rings. The standard InChI is InChI=1S/C17H19N3S/c1-12-8-11-21-16(12)15(13(2)18)20-10-9-19-17(20)14-6-4-3-5-7-14/h3-11,13,15H,18H2,1-2H3. The van der Waals surface area contributed by atoms with Gasteiger partial charge >= 0.3 is 0 Å². The number of rotatable bonds is 4. The van der Waals surface area contributed by atoms with Gasteiger partial charge in [0.2, 0.25) is 0 Å². The van der Waals surface area contributed by atoms with Crippen molar-refractivity contribution in [2.75, 3.05) is 0 Å². The zero-order chi connectivity index (χ0) is 14.8. The van der Waals surface area contributed by atoms with Gasteiger partial charge in [0.25, 0.3) is 0 Å². The Morgan fingerprint density at radius 2 is 1.95 bits per heavy atom. The molecule has 0 fully saturated rings. The number of nitrogens with two attached hydrogens (primary N) is 1. The number of thiophene rings is 1. The van der Waals surface area contributed by atoms with Crippen LogP contribution < -0.4 is 5.73 Å². The third-order valence-electron chi connectivity index (χ3n) is 3.67. The Balaban J connectivity index is 2.11. The van der Waals surface area contributed by atoms with E-state index in [4.69, 9.17) is 5.73 Å². The Hall–Kier alpha value is -1.91. The van der Waals surface area contributed by atoms with Gasteiger partial charge in [-0.25, -0.2) is 4.98 Å². The normalized spacial score (nSPS) is 14.0. The summed E-state index contributed by atoms with van der Waals surface area (Å²) in [4.78, 5) is 5.85. The maximum absolute atomic E-state index is 6.29. The fourth-order valence-electron chi connectivity index (χ4n) is 2.65. The highest BCUT2D eigenvalue weighted by Crippen LogP contribution is 2.32. The first-order valence-electron chi connectivity index (χ1n) is 7.06. The second-order valence-electron chi connectivity index (χ2n) is 5.30. The molecule has 3 nitrogen and oxygen atoms in total. The summed E-state index contributed by atoms with van der Waals surface area (Å²) in [5, 5.41) is 2.12. The maximum atomic E-state index is 6.29. The minimum absolute atomic E-state index is 0.0130. The van der Waals surface area contributed by atoms with E-state index in [1.54, 1.807) is 11.3 Å². The summed E-state index contributed by atoms with van der Waals surface area (Å²) in [5.41, 5.74) is 8.69. The van der Waals surface area contributed by atoms with E-state index in [9.17, 15) is 0 Å². The molecule has 0 radical (unpaired) electrons. The van der Waals surface area contributed by atoms with E-state index in [0.29, 0.717) is 0 Å². The lowest BCUT2D eigenvalue weighted by atomic mass is 10.1. The van der Waals surface area contributed by atoms with Crippen molar-refractivity contribution in [1.29, 1.82) is 0 Å².